The van der Waals surface area contributed by atoms with E-state index in [1.165, 1.54) is 25.0 Å². The molecule has 2 N–H and O–H groups in total. The van der Waals surface area contributed by atoms with E-state index in [2.05, 4.69) is 0 Å². The molecular formula is C13H17ClF3N. The molecule has 1 aliphatic carbocycles. The van der Waals surface area contributed by atoms with Gasteiger partial charge in [-0.3, -0.25) is 0 Å². The fraction of sp³-hybridized carbons (Fsp3) is 0.538. The Morgan fingerprint density at radius 3 is 2.00 bits per heavy atom. The Balaban J connectivity index is 0.00000162. The summed E-state index contributed by atoms with van der Waals surface area (Å²) in [6.07, 6.45) is 0.262. The van der Waals surface area contributed by atoms with Crippen LogP contribution in [0.15, 0.2) is 24.3 Å². The second-order valence-electron chi connectivity index (χ2n) is 4.69. The van der Waals surface area contributed by atoms with Crippen molar-refractivity contribution in [1.29, 1.82) is 0 Å². The average Bonchev–Trinajstić information content (AvgIpc) is 2.80. The van der Waals surface area contributed by atoms with E-state index in [4.69, 9.17) is 5.73 Å². The molecule has 0 unspecified atom stereocenters. The van der Waals surface area contributed by atoms with E-state index in [1.807, 2.05) is 0 Å². The van der Waals surface area contributed by atoms with Crippen molar-refractivity contribution in [2.75, 3.05) is 0 Å². The van der Waals surface area contributed by atoms with Gasteiger partial charge < -0.3 is 5.73 Å². The summed E-state index contributed by atoms with van der Waals surface area (Å²) in [6, 6.07) is 5.12. The Hall–Kier alpha value is -0.740. The summed E-state index contributed by atoms with van der Waals surface area (Å²) in [5.41, 5.74) is 6.28. The first-order valence-corrected chi connectivity index (χ1v) is 5.91. The average molecular weight is 280 g/mol. The smallest absolute Gasteiger partial charge is 0.324 e. The van der Waals surface area contributed by atoms with Crippen LogP contribution in [0.5, 0.6) is 0 Å². The maximum Gasteiger partial charge on any atom is 0.416 e. The highest BCUT2D eigenvalue weighted by Gasteiger charge is 2.30. The van der Waals surface area contributed by atoms with Crippen LogP contribution in [0.3, 0.4) is 0 Å². The zero-order valence-corrected chi connectivity index (χ0v) is 10.7. The van der Waals surface area contributed by atoms with Gasteiger partial charge in [0.1, 0.15) is 0 Å². The van der Waals surface area contributed by atoms with Gasteiger partial charge in [0, 0.05) is 6.04 Å². The van der Waals surface area contributed by atoms with Crippen LogP contribution in [-0.2, 0) is 6.18 Å². The van der Waals surface area contributed by atoms with E-state index in [1.54, 1.807) is 0 Å². The molecule has 0 amide bonds. The highest BCUT2D eigenvalue weighted by atomic mass is 35.5. The SMILES string of the molecule is Cl.N[C@H](c1ccc(C(F)(F)F)cc1)C1CCCC1. The first-order chi connectivity index (χ1) is 7.98. The van der Waals surface area contributed by atoms with E-state index in [0.29, 0.717) is 5.92 Å². The highest BCUT2D eigenvalue weighted by Crippen LogP contribution is 2.35. The fourth-order valence-corrected chi connectivity index (χ4v) is 2.48. The summed E-state index contributed by atoms with van der Waals surface area (Å²) in [7, 11) is 0. The number of halogens is 4. The van der Waals surface area contributed by atoms with Gasteiger partial charge in [-0.1, -0.05) is 25.0 Å². The van der Waals surface area contributed by atoms with Crippen molar-refractivity contribution >= 4 is 12.4 Å². The molecule has 1 atom stereocenters. The predicted molar refractivity (Wildman–Crippen MR) is 67.6 cm³/mol. The summed E-state index contributed by atoms with van der Waals surface area (Å²) in [4.78, 5) is 0. The molecule has 0 spiro atoms. The van der Waals surface area contributed by atoms with E-state index in [9.17, 15) is 13.2 Å². The van der Waals surface area contributed by atoms with Gasteiger partial charge in [-0.2, -0.15) is 13.2 Å². The summed E-state index contributed by atoms with van der Waals surface area (Å²) >= 11 is 0. The first kappa shape index (κ1) is 15.3. The molecule has 0 aromatic heterocycles. The molecule has 5 heteroatoms. The normalized spacial score (nSPS) is 18.4. The third kappa shape index (κ3) is 3.39. The van der Waals surface area contributed by atoms with Crippen LogP contribution in [0.25, 0.3) is 0 Å². The molecule has 1 saturated carbocycles. The van der Waals surface area contributed by atoms with Crippen LogP contribution in [0, 0.1) is 5.92 Å². The van der Waals surface area contributed by atoms with Crippen LogP contribution in [0.1, 0.15) is 42.9 Å². The Morgan fingerprint density at radius 2 is 1.56 bits per heavy atom. The Kier molecular flexibility index (Phi) is 5.05. The summed E-state index contributed by atoms with van der Waals surface area (Å²) in [6.45, 7) is 0. The van der Waals surface area contributed by atoms with Crippen LogP contribution in [0.2, 0.25) is 0 Å². The number of rotatable bonds is 2. The zero-order valence-electron chi connectivity index (χ0n) is 9.91. The highest BCUT2D eigenvalue weighted by molar-refractivity contribution is 5.85. The second kappa shape index (κ2) is 5.93. The monoisotopic (exact) mass is 279 g/mol. The van der Waals surface area contributed by atoms with Gasteiger partial charge in [-0.15, -0.1) is 12.4 Å². The number of nitrogens with two attached hydrogens (primary N) is 1. The number of alkyl halides is 3. The Morgan fingerprint density at radius 1 is 1.06 bits per heavy atom. The topological polar surface area (TPSA) is 26.0 Å². The van der Waals surface area contributed by atoms with E-state index in [-0.39, 0.29) is 18.4 Å². The van der Waals surface area contributed by atoms with Gasteiger partial charge in [0.05, 0.1) is 5.56 Å². The molecule has 2 rings (SSSR count). The minimum atomic E-state index is -4.27. The van der Waals surface area contributed by atoms with Crippen molar-refractivity contribution in [2.45, 2.75) is 37.9 Å². The summed E-state index contributed by atoms with van der Waals surface area (Å²) < 4.78 is 37.2. The van der Waals surface area contributed by atoms with E-state index < -0.39 is 11.7 Å². The van der Waals surface area contributed by atoms with Crippen molar-refractivity contribution in [2.24, 2.45) is 11.7 Å². The largest absolute Gasteiger partial charge is 0.416 e. The molecule has 1 aliphatic rings. The third-order valence-corrected chi connectivity index (χ3v) is 3.53. The molecule has 1 fully saturated rings. The molecule has 18 heavy (non-hydrogen) atoms. The van der Waals surface area contributed by atoms with Gasteiger partial charge in [-0.05, 0) is 36.5 Å². The molecular weight excluding hydrogens is 263 g/mol. The maximum absolute atomic E-state index is 12.4. The lowest BCUT2D eigenvalue weighted by atomic mass is 9.92. The Bertz CT molecular complexity index is 369. The lowest BCUT2D eigenvalue weighted by Gasteiger charge is -2.19. The van der Waals surface area contributed by atoms with E-state index in [0.717, 1.165) is 30.5 Å². The molecule has 102 valence electrons. The van der Waals surface area contributed by atoms with Crippen molar-refractivity contribution in [1.82, 2.24) is 0 Å². The fourth-order valence-electron chi connectivity index (χ4n) is 2.48. The van der Waals surface area contributed by atoms with Crippen molar-refractivity contribution in [3.05, 3.63) is 35.4 Å². The quantitative estimate of drug-likeness (QED) is 0.857. The van der Waals surface area contributed by atoms with Crippen LogP contribution < -0.4 is 5.73 Å². The van der Waals surface area contributed by atoms with E-state index >= 15 is 0 Å². The Labute approximate surface area is 111 Å². The third-order valence-electron chi connectivity index (χ3n) is 3.53. The molecule has 1 aromatic carbocycles. The zero-order chi connectivity index (χ0) is 12.5. The number of benzene rings is 1. The van der Waals surface area contributed by atoms with Gasteiger partial charge >= 0.3 is 6.18 Å². The van der Waals surface area contributed by atoms with Gasteiger partial charge in [0.25, 0.3) is 0 Å². The lowest BCUT2D eigenvalue weighted by molar-refractivity contribution is -0.137. The van der Waals surface area contributed by atoms with Gasteiger partial charge in [0.2, 0.25) is 0 Å². The molecule has 1 aromatic rings. The second-order valence-corrected chi connectivity index (χ2v) is 4.69. The minimum Gasteiger partial charge on any atom is -0.324 e. The van der Waals surface area contributed by atoms with Crippen LogP contribution >= 0.6 is 12.4 Å². The van der Waals surface area contributed by atoms with Gasteiger partial charge in [-0.25, -0.2) is 0 Å². The summed E-state index contributed by atoms with van der Waals surface area (Å²) in [5.74, 6) is 0.423. The first-order valence-electron chi connectivity index (χ1n) is 5.91. The van der Waals surface area contributed by atoms with Crippen molar-refractivity contribution in [3.63, 3.8) is 0 Å². The van der Waals surface area contributed by atoms with Gasteiger partial charge in [0.15, 0.2) is 0 Å². The molecule has 0 heterocycles. The minimum absolute atomic E-state index is 0. The number of hydrogen-bond donors (Lipinski definition) is 1. The van der Waals surface area contributed by atoms with Crippen LogP contribution in [0.4, 0.5) is 13.2 Å². The van der Waals surface area contributed by atoms with Crippen LogP contribution in [-0.4, -0.2) is 0 Å². The molecule has 0 aliphatic heterocycles. The molecule has 0 bridgehead atoms. The molecule has 1 nitrogen and oxygen atoms in total. The standard InChI is InChI=1S/C13H16F3N.ClH/c14-13(15,16)11-7-5-10(6-8-11)12(17)9-3-1-2-4-9;/h5-9,12H,1-4,17H2;1H/t12-;/m0./s1. The van der Waals surface area contributed by atoms with Crippen molar-refractivity contribution < 1.29 is 13.2 Å². The molecule has 0 saturated heterocycles. The lowest BCUT2D eigenvalue weighted by Crippen LogP contribution is -2.19. The maximum atomic E-state index is 12.4. The summed E-state index contributed by atoms with van der Waals surface area (Å²) in [5, 5.41) is 0. The van der Waals surface area contributed by atoms with Crippen molar-refractivity contribution in [3.8, 4) is 0 Å². The molecule has 0 radical (unpaired) electrons. The number of hydrogen-bond acceptors (Lipinski definition) is 1. The predicted octanol–water partition coefficient (Wildman–Crippen LogP) is 4.32.